The summed E-state index contributed by atoms with van der Waals surface area (Å²) in [7, 11) is 0. The van der Waals surface area contributed by atoms with Gasteiger partial charge in [-0.2, -0.15) is 5.26 Å². The van der Waals surface area contributed by atoms with Crippen LogP contribution in [0.25, 0.3) is 11.1 Å². The second-order valence-corrected chi connectivity index (χ2v) is 4.17. The Bertz CT molecular complexity index is 662. The Hall–Kier alpha value is -2.25. The Labute approximate surface area is 108 Å². The highest BCUT2D eigenvalue weighted by molar-refractivity contribution is 6.31. The molecule has 3 nitrogen and oxygen atoms in total. The highest BCUT2D eigenvalue weighted by Crippen LogP contribution is 2.34. The van der Waals surface area contributed by atoms with Gasteiger partial charge in [0, 0.05) is 22.5 Å². The lowest BCUT2D eigenvalue weighted by Gasteiger charge is -2.10. The topological polar surface area (TPSA) is 75.8 Å². The Balaban J connectivity index is 2.69. The number of nitrogens with two attached hydrogens (primary N) is 2. The van der Waals surface area contributed by atoms with Crippen LogP contribution in [-0.4, -0.2) is 0 Å². The van der Waals surface area contributed by atoms with Gasteiger partial charge in [-0.15, -0.1) is 0 Å². The van der Waals surface area contributed by atoms with Crippen molar-refractivity contribution in [2.24, 2.45) is 0 Å². The van der Waals surface area contributed by atoms with Crippen molar-refractivity contribution in [1.82, 2.24) is 0 Å². The summed E-state index contributed by atoms with van der Waals surface area (Å²) in [4.78, 5) is 0. The van der Waals surface area contributed by atoms with E-state index in [-0.39, 0.29) is 10.7 Å². The maximum atomic E-state index is 13.2. The van der Waals surface area contributed by atoms with Gasteiger partial charge < -0.3 is 11.5 Å². The van der Waals surface area contributed by atoms with Crippen LogP contribution in [0.4, 0.5) is 15.8 Å². The van der Waals surface area contributed by atoms with Crippen molar-refractivity contribution in [3.05, 3.63) is 46.7 Å². The van der Waals surface area contributed by atoms with E-state index in [9.17, 15) is 4.39 Å². The maximum absolute atomic E-state index is 13.2. The van der Waals surface area contributed by atoms with E-state index in [1.54, 1.807) is 18.2 Å². The van der Waals surface area contributed by atoms with E-state index in [0.717, 1.165) is 6.07 Å². The van der Waals surface area contributed by atoms with Crippen molar-refractivity contribution < 1.29 is 4.39 Å². The van der Waals surface area contributed by atoms with Crippen LogP contribution in [0, 0.1) is 17.1 Å². The lowest BCUT2D eigenvalue weighted by Crippen LogP contribution is -1.96. The summed E-state index contributed by atoms with van der Waals surface area (Å²) in [6, 6.07) is 9.33. The van der Waals surface area contributed by atoms with Crippen LogP contribution in [0.1, 0.15) is 5.56 Å². The predicted octanol–water partition coefficient (Wildman–Crippen LogP) is 3.18. The second kappa shape index (κ2) is 4.55. The minimum absolute atomic E-state index is 0.0408. The monoisotopic (exact) mass is 261 g/mol. The van der Waals surface area contributed by atoms with Gasteiger partial charge in [-0.05, 0) is 30.3 Å². The van der Waals surface area contributed by atoms with E-state index in [1.165, 1.54) is 6.07 Å². The molecule has 4 N–H and O–H groups in total. The first kappa shape index (κ1) is 12.2. The number of hydrogen-bond donors (Lipinski definition) is 2. The third-order valence-corrected chi connectivity index (χ3v) is 2.85. The molecule has 0 heterocycles. The van der Waals surface area contributed by atoms with Gasteiger partial charge in [-0.25, -0.2) is 4.39 Å². The second-order valence-electron chi connectivity index (χ2n) is 3.77. The molecule has 2 rings (SSSR count). The molecule has 0 spiro atoms. The number of halogens is 2. The molecule has 0 atom stereocenters. The molecule has 0 aromatic heterocycles. The molecule has 0 aliphatic carbocycles. The summed E-state index contributed by atoms with van der Waals surface area (Å²) >= 11 is 5.73. The predicted molar refractivity (Wildman–Crippen MR) is 70.4 cm³/mol. The normalized spacial score (nSPS) is 10.1. The highest BCUT2D eigenvalue weighted by Gasteiger charge is 2.11. The fraction of sp³-hybridized carbons (Fsp3) is 0. The molecule has 0 saturated carbocycles. The maximum Gasteiger partial charge on any atom is 0.143 e. The van der Waals surface area contributed by atoms with Crippen LogP contribution in [-0.2, 0) is 0 Å². The summed E-state index contributed by atoms with van der Waals surface area (Å²) in [6.07, 6.45) is 0. The molecule has 18 heavy (non-hydrogen) atoms. The van der Waals surface area contributed by atoms with Crippen LogP contribution >= 0.6 is 11.6 Å². The Morgan fingerprint density at radius 2 is 1.72 bits per heavy atom. The number of nitriles is 1. The standard InChI is InChI=1S/C13H9ClFN3/c14-10-4-9(13(18)5-11(10)15)8-3-7(6-16)1-2-12(8)17/h1-5H,17-18H2. The van der Waals surface area contributed by atoms with Gasteiger partial charge in [0.15, 0.2) is 0 Å². The number of hydrogen-bond acceptors (Lipinski definition) is 3. The van der Waals surface area contributed by atoms with Gasteiger partial charge >= 0.3 is 0 Å². The molecule has 90 valence electrons. The number of nitrogen functional groups attached to an aromatic ring is 2. The van der Waals surface area contributed by atoms with Gasteiger partial charge in [0.25, 0.3) is 0 Å². The highest BCUT2D eigenvalue weighted by atomic mass is 35.5. The van der Waals surface area contributed by atoms with Crippen molar-refractivity contribution in [2.45, 2.75) is 0 Å². The molecule has 2 aromatic carbocycles. The molecular weight excluding hydrogens is 253 g/mol. The largest absolute Gasteiger partial charge is 0.398 e. The van der Waals surface area contributed by atoms with E-state index in [4.69, 9.17) is 28.3 Å². The van der Waals surface area contributed by atoms with E-state index in [0.29, 0.717) is 22.4 Å². The fourth-order valence-corrected chi connectivity index (χ4v) is 1.82. The Kier molecular flexibility index (Phi) is 3.09. The van der Waals surface area contributed by atoms with Crippen molar-refractivity contribution in [1.29, 1.82) is 5.26 Å². The molecule has 0 aliphatic heterocycles. The average Bonchev–Trinajstić information content (AvgIpc) is 2.35. The van der Waals surface area contributed by atoms with Crippen molar-refractivity contribution in [3.63, 3.8) is 0 Å². The van der Waals surface area contributed by atoms with Crippen LogP contribution < -0.4 is 11.5 Å². The van der Waals surface area contributed by atoms with Crippen molar-refractivity contribution >= 4 is 23.0 Å². The van der Waals surface area contributed by atoms with Gasteiger partial charge in [0.05, 0.1) is 16.7 Å². The first-order valence-electron chi connectivity index (χ1n) is 5.07. The van der Waals surface area contributed by atoms with Gasteiger partial charge in [-0.1, -0.05) is 11.6 Å². The molecular formula is C13H9ClFN3. The summed E-state index contributed by atoms with van der Waals surface area (Å²) in [5, 5.41) is 8.82. The summed E-state index contributed by atoms with van der Waals surface area (Å²) < 4.78 is 13.2. The zero-order valence-electron chi connectivity index (χ0n) is 9.24. The number of anilines is 2. The molecule has 0 aliphatic rings. The fourth-order valence-electron chi connectivity index (χ4n) is 1.65. The molecule has 2 aromatic rings. The molecule has 0 amide bonds. The van der Waals surface area contributed by atoms with Gasteiger partial charge in [0.2, 0.25) is 0 Å². The van der Waals surface area contributed by atoms with Gasteiger partial charge in [0.1, 0.15) is 5.82 Å². The molecule has 0 radical (unpaired) electrons. The first-order valence-corrected chi connectivity index (χ1v) is 5.45. The van der Waals surface area contributed by atoms with Crippen molar-refractivity contribution in [2.75, 3.05) is 11.5 Å². The third kappa shape index (κ3) is 2.08. The number of rotatable bonds is 1. The molecule has 0 fully saturated rings. The molecule has 5 heteroatoms. The molecule has 0 unspecified atom stereocenters. The van der Waals surface area contributed by atoms with Crippen LogP contribution in [0.5, 0.6) is 0 Å². The zero-order chi connectivity index (χ0) is 13.3. The Morgan fingerprint density at radius 3 is 2.39 bits per heavy atom. The summed E-state index contributed by atoms with van der Waals surface area (Å²) in [5.74, 6) is -0.590. The number of benzene rings is 2. The number of nitrogens with zero attached hydrogens (tertiary/aromatic N) is 1. The quantitative estimate of drug-likeness (QED) is 0.774. The van der Waals surface area contributed by atoms with E-state index >= 15 is 0 Å². The van der Waals surface area contributed by atoms with Crippen LogP contribution in [0.2, 0.25) is 5.02 Å². The lowest BCUT2D eigenvalue weighted by atomic mass is 10.00. The average molecular weight is 262 g/mol. The minimum Gasteiger partial charge on any atom is -0.398 e. The van der Waals surface area contributed by atoms with E-state index in [2.05, 4.69) is 0 Å². The lowest BCUT2D eigenvalue weighted by molar-refractivity contribution is 0.629. The molecule has 0 saturated heterocycles. The molecule has 0 bridgehead atoms. The van der Waals surface area contributed by atoms with Crippen LogP contribution in [0.15, 0.2) is 30.3 Å². The SMILES string of the molecule is N#Cc1ccc(N)c(-c2cc(Cl)c(F)cc2N)c1. The smallest absolute Gasteiger partial charge is 0.143 e. The third-order valence-electron chi connectivity index (χ3n) is 2.57. The Morgan fingerprint density at radius 1 is 1.06 bits per heavy atom. The summed E-state index contributed by atoms with van der Waals surface area (Å²) in [5.41, 5.74) is 13.8. The van der Waals surface area contributed by atoms with Crippen LogP contribution in [0.3, 0.4) is 0 Å². The summed E-state index contributed by atoms with van der Waals surface area (Å²) in [6.45, 7) is 0. The first-order chi connectivity index (χ1) is 8.52. The minimum atomic E-state index is -0.590. The van der Waals surface area contributed by atoms with E-state index < -0.39 is 5.82 Å². The zero-order valence-corrected chi connectivity index (χ0v) is 10.0. The van der Waals surface area contributed by atoms with Gasteiger partial charge in [-0.3, -0.25) is 0 Å². The van der Waals surface area contributed by atoms with Crippen molar-refractivity contribution in [3.8, 4) is 17.2 Å². The van der Waals surface area contributed by atoms with E-state index in [1.807, 2.05) is 6.07 Å².